The summed E-state index contributed by atoms with van der Waals surface area (Å²) in [5.74, 6) is 5.74. The molecule has 1 rings (SSSR count). The minimum absolute atomic E-state index is 0.00517. The predicted octanol–water partition coefficient (Wildman–Crippen LogP) is 1.68. The summed E-state index contributed by atoms with van der Waals surface area (Å²) in [5.41, 5.74) is 0. The lowest BCUT2D eigenvalue weighted by atomic mass is 10.6. The largest absolute Gasteiger partial charge is 0.344 e. The minimum Gasteiger partial charge on any atom is -0.288 e. The maximum atomic E-state index is 10.5. The van der Waals surface area contributed by atoms with Gasteiger partial charge < -0.3 is 0 Å². The van der Waals surface area contributed by atoms with Crippen molar-refractivity contribution in [1.82, 2.24) is 4.98 Å². The van der Waals surface area contributed by atoms with E-state index < -0.39 is 4.92 Å². The van der Waals surface area contributed by atoms with Gasteiger partial charge in [-0.2, -0.15) is 0 Å². The minimum atomic E-state index is -0.507. The Balaban J connectivity index is 2.56. The van der Waals surface area contributed by atoms with Crippen LogP contribution in [0.25, 0.3) is 0 Å². The number of nitro groups is 1. The lowest BCUT2D eigenvalue weighted by Crippen LogP contribution is -1.81. The molecule has 1 aromatic heterocycles. The van der Waals surface area contributed by atoms with Crippen LogP contribution < -0.4 is 0 Å². The fourth-order valence-corrected chi connectivity index (χ4v) is 1.61. The number of nitrogens with zero attached hydrogens (tertiary/aromatic N) is 2. The van der Waals surface area contributed by atoms with Gasteiger partial charge in [-0.05, 0) is 17.3 Å². The molecule has 0 atom stereocenters. The average Bonchev–Trinajstić information content (AvgIpc) is 2.60. The summed E-state index contributed by atoms with van der Waals surface area (Å²) in [7, 11) is 0. The zero-order chi connectivity index (χ0) is 11.3. The van der Waals surface area contributed by atoms with E-state index in [1.165, 1.54) is 13.1 Å². The summed E-state index contributed by atoms with van der Waals surface area (Å²) < 4.78 is 0. The molecule has 7 heteroatoms. The average molecular weight is 242 g/mol. The number of hydrogen-bond donors (Lipinski definition) is 0. The molecule has 0 bridgehead atoms. The summed E-state index contributed by atoms with van der Waals surface area (Å²) in [6.07, 6.45) is 1.17. The molecule has 15 heavy (non-hydrogen) atoms. The molecule has 0 fully saturated rings. The Morgan fingerprint density at radius 1 is 1.80 bits per heavy atom. The third kappa shape index (κ3) is 4.10. The smallest absolute Gasteiger partial charge is 0.288 e. The Bertz CT molecular complexity index is 444. The first-order chi connectivity index (χ1) is 7.09. The standard InChI is InChI=1S/C8H6N2O3S2/c1-6(11)14-4-2-3-7-9-5-8(15-7)10(12)13/h5H,4H2,1H3. The Labute approximate surface area is 94.1 Å². The summed E-state index contributed by atoms with van der Waals surface area (Å²) >= 11 is 2.02. The van der Waals surface area contributed by atoms with E-state index in [9.17, 15) is 14.9 Å². The van der Waals surface area contributed by atoms with Gasteiger partial charge in [-0.15, -0.1) is 0 Å². The van der Waals surface area contributed by atoms with Crippen molar-refractivity contribution in [2.75, 3.05) is 5.75 Å². The Hall–Kier alpha value is -1.39. The van der Waals surface area contributed by atoms with Gasteiger partial charge in [0, 0.05) is 6.92 Å². The van der Waals surface area contributed by atoms with Gasteiger partial charge in [0.1, 0.15) is 6.20 Å². The van der Waals surface area contributed by atoms with Crippen LogP contribution in [0.3, 0.4) is 0 Å². The molecule has 0 aromatic carbocycles. The monoisotopic (exact) mass is 242 g/mol. The van der Waals surface area contributed by atoms with Crippen LogP contribution in [0.1, 0.15) is 11.9 Å². The molecule has 0 saturated heterocycles. The lowest BCUT2D eigenvalue weighted by Gasteiger charge is -1.83. The molecule has 0 unspecified atom stereocenters. The molecule has 5 nitrogen and oxygen atoms in total. The summed E-state index contributed by atoms with van der Waals surface area (Å²) in [6, 6.07) is 0. The summed E-state index contributed by atoms with van der Waals surface area (Å²) in [6.45, 7) is 1.46. The van der Waals surface area contributed by atoms with Crippen molar-refractivity contribution in [1.29, 1.82) is 0 Å². The molecule has 1 heterocycles. The molecule has 1 aromatic rings. The van der Waals surface area contributed by atoms with Crippen LogP contribution in [0.15, 0.2) is 6.20 Å². The van der Waals surface area contributed by atoms with Crippen LogP contribution in [0.4, 0.5) is 5.00 Å². The maximum Gasteiger partial charge on any atom is 0.344 e. The third-order valence-electron chi connectivity index (χ3n) is 1.22. The number of thioether (sulfide) groups is 1. The van der Waals surface area contributed by atoms with Crippen LogP contribution in [-0.2, 0) is 4.79 Å². The van der Waals surface area contributed by atoms with Gasteiger partial charge in [0.25, 0.3) is 0 Å². The van der Waals surface area contributed by atoms with Gasteiger partial charge in [0.15, 0.2) is 10.1 Å². The molecule has 0 radical (unpaired) electrons. The Morgan fingerprint density at radius 2 is 2.53 bits per heavy atom. The first kappa shape index (κ1) is 11.7. The van der Waals surface area contributed by atoms with Gasteiger partial charge in [-0.25, -0.2) is 4.98 Å². The second-order valence-corrected chi connectivity index (χ2v) is 4.50. The van der Waals surface area contributed by atoms with E-state index in [4.69, 9.17) is 0 Å². The molecule has 78 valence electrons. The Kier molecular flexibility index (Phi) is 4.27. The molecule has 0 aliphatic heterocycles. The zero-order valence-electron chi connectivity index (χ0n) is 7.72. The number of carbonyl (C=O) groups is 1. The van der Waals surface area contributed by atoms with Crippen LogP contribution in [0.2, 0.25) is 0 Å². The fourth-order valence-electron chi connectivity index (χ4n) is 0.657. The summed E-state index contributed by atoms with van der Waals surface area (Å²) in [5, 5.41) is 10.7. The van der Waals surface area contributed by atoms with E-state index >= 15 is 0 Å². The maximum absolute atomic E-state index is 10.5. The van der Waals surface area contributed by atoms with Gasteiger partial charge >= 0.3 is 5.00 Å². The van der Waals surface area contributed by atoms with Crippen LogP contribution in [-0.4, -0.2) is 20.8 Å². The first-order valence-electron chi connectivity index (χ1n) is 3.82. The SMILES string of the molecule is CC(=O)SCC#Cc1ncc([N+](=O)[O-])s1. The number of carbonyl (C=O) groups excluding carboxylic acids is 1. The topological polar surface area (TPSA) is 73.1 Å². The van der Waals surface area contributed by atoms with E-state index in [0.717, 1.165) is 23.1 Å². The van der Waals surface area contributed by atoms with Crippen molar-refractivity contribution in [3.05, 3.63) is 21.3 Å². The van der Waals surface area contributed by atoms with Crippen molar-refractivity contribution in [2.45, 2.75) is 6.92 Å². The van der Waals surface area contributed by atoms with E-state index in [2.05, 4.69) is 16.8 Å². The van der Waals surface area contributed by atoms with Crippen molar-refractivity contribution in [3.63, 3.8) is 0 Å². The van der Waals surface area contributed by atoms with E-state index in [1.807, 2.05) is 0 Å². The predicted molar refractivity (Wildman–Crippen MR) is 58.8 cm³/mol. The normalized spacial score (nSPS) is 9.13. The highest BCUT2D eigenvalue weighted by atomic mass is 32.2. The second kappa shape index (κ2) is 5.48. The molecule has 0 amide bonds. The third-order valence-corrected chi connectivity index (χ3v) is 2.78. The van der Waals surface area contributed by atoms with Crippen molar-refractivity contribution in [2.24, 2.45) is 0 Å². The number of rotatable bonds is 2. The van der Waals surface area contributed by atoms with Crippen LogP contribution in [0, 0.1) is 22.0 Å². The van der Waals surface area contributed by atoms with Gasteiger partial charge in [-0.3, -0.25) is 14.9 Å². The molecular formula is C8H6N2O3S2. The quantitative estimate of drug-likeness (QED) is 0.448. The van der Waals surface area contributed by atoms with E-state index in [1.54, 1.807) is 0 Å². The Morgan fingerprint density at radius 3 is 3.07 bits per heavy atom. The van der Waals surface area contributed by atoms with Gasteiger partial charge in [0.05, 0.1) is 10.7 Å². The van der Waals surface area contributed by atoms with Crippen LogP contribution in [0.5, 0.6) is 0 Å². The highest BCUT2D eigenvalue weighted by molar-refractivity contribution is 8.13. The molecular weight excluding hydrogens is 236 g/mol. The number of hydrogen-bond acceptors (Lipinski definition) is 6. The highest BCUT2D eigenvalue weighted by Gasteiger charge is 2.09. The van der Waals surface area contributed by atoms with Crippen LogP contribution >= 0.6 is 23.1 Å². The summed E-state index contributed by atoms with van der Waals surface area (Å²) in [4.78, 5) is 24.1. The van der Waals surface area contributed by atoms with E-state index in [0.29, 0.717) is 10.8 Å². The van der Waals surface area contributed by atoms with Crippen molar-refractivity contribution < 1.29 is 9.72 Å². The van der Waals surface area contributed by atoms with Crippen molar-refractivity contribution in [3.8, 4) is 11.8 Å². The van der Waals surface area contributed by atoms with E-state index in [-0.39, 0.29) is 10.1 Å². The fraction of sp³-hybridized carbons (Fsp3) is 0.250. The number of thiazole rings is 1. The van der Waals surface area contributed by atoms with Gasteiger partial charge in [-0.1, -0.05) is 17.7 Å². The first-order valence-corrected chi connectivity index (χ1v) is 5.62. The molecule has 0 N–H and O–H groups in total. The molecule has 0 aliphatic rings. The zero-order valence-corrected chi connectivity index (χ0v) is 9.35. The lowest BCUT2D eigenvalue weighted by molar-refractivity contribution is -0.380. The van der Waals surface area contributed by atoms with Gasteiger partial charge in [0.2, 0.25) is 0 Å². The van der Waals surface area contributed by atoms with Crippen molar-refractivity contribution >= 4 is 33.2 Å². The highest BCUT2D eigenvalue weighted by Crippen LogP contribution is 2.19. The second-order valence-electron chi connectivity index (χ2n) is 2.34. The molecule has 0 saturated carbocycles. The molecule has 0 spiro atoms. The molecule has 0 aliphatic carbocycles. The number of aromatic nitrogens is 1.